The van der Waals surface area contributed by atoms with Crippen molar-refractivity contribution in [3.63, 3.8) is 0 Å². The first-order chi connectivity index (χ1) is 16.0. The highest BCUT2D eigenvalue weighted by Gasteiger charge is 2.74. The van der Waals surface area contributed by atoms with Crippen molar-refractivity contribution >= 4 is 13.9 Å². The van der Waals surface area contributed by atoms with Gasteiger partial charge in [-0.25, -0.2) is 0 Å². The molecule has 0 saturated carbocycles. The van der Waals surface area contributed by atoms with Crippen LogP contribution in [0.1, 0.15) is 68.6 Å². The Labute approximate surface area is 204 Å². The Morgan fingerprint density at radius 2 is 1.29 bits per heavy atom. The summed E-state index contributed by atoms with van der Waals surface area (Å²) < 4.78 is 14.4. The van der Waals surface area contributed by atoms with E-state index in [4.69, 9.17) is 9.26 Å². The molecule has 3 nitrogen and oxygen atoms in total. The minimum absolute atomic E-state index is 0.0308. The molecule has 0 spiro atoms. The zero-order chi connectivity index (χ0) is 24.4. The van der Waals surface area contributed by atoms with Crippen LogP contribution < -0.4 is 0 Å². The van der Waals surface area contributed by atoms with Gasteiger partial charge in [0.2, 0.25) is 0 Å². The summed E-state index contributed by atoms with van der Waals surface area (Å²) in [5, 5.41) is -0.859. The molecule has 2 aliphatic heterocycles. The third-order valence-corrected chi connectivity index (χ3v) is 10.2. The normalized spacial score (nSPS) is 28.6. The largest absolute Gasteiger partial charge is 0.350 e. The van der Waals surface area contributed by atoms with E-state index in [0.717, 1.165) is 22.3 Å². The summed E-state index contributed by atoms with van der Waals surface area (Å²) in [6.07, 6.45) is 0. The molecule has 4 atom stereocenters. The van der Waals surface area contributed by atoms with Crippen LogP contribution in [-0.2, 0) is 20.2 Å². The van der Waals surface area contributed by atoms with Gasteiger partial charge in [-0.2, -0.15) is 0 Å². The molecule has 176 valence electrons. The highest BCUT2D eigenvalue weighted by Crippen LogP contribution is 2.80. The van der Waals surface area contributed by atoms with Gasteiger partial charge in [-0.15, -0.1) is 0 Å². The zero-order valence-electron chi connectivity index (χ0n) is 20.8. The molecule has 2 aliphatic rings. The Morgan fingerprint density at radius 1 is 0.765 bits per heavy atom. The third-order valence-electron chi connectivity index (χ3n) is 6.67. The fraction of sp³-hybridized carbons (Fsp3) is 0.367. The molecule has 4 heteroatoms. The lowest BCUT2D eigenvalue weighted by molar-refractivity contribution is -0.0807. The molecule has 0 unspecified atom stereocenters. The lowest BCUT2D eigenvalue weighted by Crippen LogP contribution is -2.52. The van der Waals surface area contributed by atoms with Gasteiger partial charge in [0.15, 0.2) is 16.7 Å². The van der Waals surface area contributed by atoms with E-state index in [9.17, 15) is 4.79 Å². The minimum atomic E-state index is -1.31. The third kappa shape index (κ3) is 3.33. The lowest BCUT2D eigenvalue weighted by atomic mass is 9.71. The van der Waals surface area contributed by atoms with Crippen LogP contribution in [0.5, 0.6) is 0 Å². The number of rotatable bonds is 3. The van der Waals surface area contributed by atoms with Gasteiger partial charge in [-0.3, -0.25) is 4.79 Å². The Morgan fingerprint density at radius 3 is 1.85 bits per heavy atom. The molecule has 5 rings (SSSR count). The van der Waals surface area contributed by atoms with Crippen molar-refractivity contribution in [3.8, 4) is 0 Å². The molecule has 2 bridgehead atoms. The number of hydrogen-bond acceptors (Lipinski definition) is 3. The van der Waals surface area contributed by atoms with E-state index in [-0.39, 0.29) is 16.9 Å². The van der Waals surface area contributed by atoms with Gasteiger partial charge < -0.3 is 9.26 Å². The van der Waals surface area contributed by atoms with Gasteiger partial charge in [0.25, 0.3) is 0 Å². The smallest absolute Gasteiger partial charge is 0.200 e. The number of hydrogen-bond donors (Lipinski definition) is 0. The number of fused-ring (bicyclic) bond motifs is 4. The van der Waals surface area contributed by atoms with E-state index in [1.54, 1.807) is 0 Å². The van der Waals surface area contributed by atoms with Crippen LogP contribution in [0, 0.1) is 5.41 Å². The average Bonchev–Trinajstić information content (AvgIpc) is 3.08. The molecule has 1 fully saturated rings. The second-order valence-electron chi connectivity index (χ2n) is 11.4. The topological polar surface area (TPSA) is 35.5 Å². The first-order valence-corrected chi connectivity index (χ1v) is 13.3. The molecule has 1 saturated heterocycles. The Balaban J connectivity index is 1.94. The average molecular weight is 473 g/mol. The fourth-order valence-corrected chi connectivity index (χ4v) is 9.22. The zero-order valence-corrected chi connectivity index (χ0v) is 21.7. The standard InChI is InChI=1S/C30H33O3P/c1-27(2,3)26-29(21-15-9-7-10-16-21)25(31)23-19-13-14-20-24(23)30(32-29,22-17-11-8-12-18-22)34(26)33-28(4,5)6/h7-20,26H,1-6H3/t26-,29+,30+,34+/m1/s1. The molecular formula is C30H33O3P. The van der Waals surface area contributed by atoms with Crippen LogP contribution in [0.25, 0.3) is 0 Å². The van der Waals surface area contributed by atoms with E-state index in [0.29, 0.717) is 0 Å². The quantitative estimate of drug-likeness (QED) is 0.368. The second kappa shape index (κ2) is 7.85. The van der Waals surface area contributed by atoms with Gasteiger partial charge in [0, 0.05) is 11.1 Å². The Hall–Kier alpha value is -2.32. The first kappa shape index (κ1) is 23.4. The highest BCUT2D eigenvalue weighted by molar-refractivity contribution is 7.55. The van der Waals surface area contributed by atoms with Crippen LogP contribution >= 0.6 is 8.15 Å². The molecule has 0 radical (unpaired) electrons. The molecule has 34 heavy (non-hydrogen) atoms. The number of carbonyl (C=O) groups excluding carboxylic acids is 1. The van der Waals surface area contributed by atoms with Gasteiger partial charge >= 0.3 is 0 Å². The van der Waals surface area contributed by atoms with Crippen molar-refractivity contribution in [1.29, 1.82) is 0 Å². The molecule has 2 heterocycles. The highest BCUT2D eigenvalue weighted by atomic mass is 31.1. The van der Waals surface area contributed by atoms with Crippen molar-refractivity contribution in [1.82, 2.24) is 0 Å². The van der Waals surface area contributed by atoms with Crippen molar-refractivity contribution in [2.75, 3.05) is 0 Å². The second-order valence-corrected chi connectivity index (χ2v) is 13.4. The van der Waals surface area contributed by atoms with Crippen molar-refractivity contribution in [2.24, 2.45) is 5.41 Å². The summed E-state index contributed by atoms with van der Waals surface area (Å²) in [5.74, 6) is 0.0308. The van der Waals surface area contributed by atoms with Gasteiger partial charge in [0.1, 0.15) is 0 Å². The minimum Gasteiger partial charge on any atom is -0.350 e. The maximum Gasteiger partial charge on any atom is 0.200 e. The van der Waals surface area contributed by atoms with Crippen LogP contribution in [0.15, 0.2) is 84.9 Å². The SMILES string of the molecule is CC(C)(C)O[P@@]1[C@H](C(C)(C)C)[C@@]2(c3ccccc3)O[C@]1(c1ccccc1)c1ccccc1C2=O. The van der Waals surface area contributed by atoms with E-state index >= 15 is 0 Å². The summed E-state index contributed by atoms with van der Waals surface area (Å²) in [6, 6.07) is 28.4. The van der Waals surface area contributed by atoms with Crippen LogP contribution in [0.4, 0.5) is 0 Å². The lowest BCUT2D eigenvalue weighted by Gasteiger charge is -2.43. The number of carbonyl (C=O) groups is 1. The van der Waals surface area contributed by atoms with Crippen molar-refractivity contribution in [2.45, 2.75) is 63.7 Å². The summed E-state index contributed by atoms with van der Waals surface area (Å²) in [4.78, 5) is 14.6. The van der Waals surface area contributed by atoms with Crippen LogP contribution in [0.2, 0.25) is 0 Å². The molecule has 0 N–H and O–H groups in total. The maximum atomic E-state index is 14.6. The molecular weight excluding hydrogens is 439 g/mol. The summed E-state index contributed by atoms with van der Waals surface area (Å²) in [6.45, 7) is 12.9. The van der Waals surface area contributed by atoms with Gasteiger partial charge in [0.05, 0.1) is 19.4 Å². The Bertz CT molecular complexity index is 1210. The first-order valence-electron chi connectivity index (χ1n) is 12.0. The molecule has 0 aromatic heterocycles. The van der Waals surface area contributed by atoms with Gasteiger partial charge in [-0.1, -0.05) is 106 Å². The number of benzene rings is 3. The monoisotopic (exact) mass is 472 g/mol. The van der Waals surface area contributed by atoms with E-state index in [1.165, 1.54) is 0 Å². The van der Waals surface area contributed by atoms with E-state index in [2.05, 4.69) is 59.7 Å². The fourth-order valence-electron chi connectivity index (χ4n) is 5.61. The van der Waals surface area contributed by atoms with Crippen molar-refractivity contribution in [3.05, 3.63) is 107 Å². The molecule has 0 amide bonds. The predicted octanol–water partition coefficient (Wildman–Crippen LogP) is 7.64. The number of ketones is 1. The van der Waals surface area contributed by atoms with E-state index in [1.807, 2.05) is 66.7 Å². The molecule has 3 aromatic rings. The summed E-state index contributed by atoms with van der Waals surface area (Å²) in [5.41, 5.74) is 1.61. The van der Waals surface area contributed by atoms with Crippen LogP contribution in [0.3, 0.4) is 0 Å². The number of ether oxygens (including phenoxy) is 1. The maximum absolute atomic E-state index is 14.6. The number of Topliss-reactive ketones (excluding diaryl/α,β-unsaturated/α-hetero) is 1. The van der Waals surface area contributed by atoms with Gasteiger partial charge in [-0.05, 0) is 37.3 Å². The predicted molar refractivity (Wildman–Crippen MR) is 138 cm³/mol. The molecule has 0 aliphatic carbocycles. The molecule has 3 aromatic carbocycles. The van der Waals surface area contributed by atoms with Crippen molar-refractivity contribution < 1.29 is 14.1 Å². The van der Waals surface area contributed by atoms with Crippen LogP contribution in [-0.4, -0.2) is 17.0 Å². The summed E-state index contributed by atoms with van der Waals surface area (Å²) in [7, 11) is -1.31. The Kier molecular flexibility index (Phi) is 5.41. The summed E-state index contributed by atoms with van der Waals surface area (Å²) >= 11 is 0. The van der Waals surface area contributed by atoms with E-state index < -0.39 is 24.7 Å².